The van der Waals surface area contributed by atoms with Crippen LogP contribution < -0.4 is 26.2 Å². The van der Waals surface area contributed by atoms with Gasteiger partial charge in [-0.3, -0.25) is 4.79 Å². The third-order valence-corrected chi connectivity index (χ3v) is 7.73. The molecule has 2 saturated heterocycles. The van der Waals surface area contributed by atoms with Gasteiger partial charge in [-0.1, -0.05) is 30.3 Å². The summed E-state index contributed by atoms with van der Waals surface area (Å²) in [5, 5.41) is 6.31. The van der Waals surface area contributed by atoms with Crippen molar-refractivity contribution in [3.8, 4) is 0 Å². The van der Waals surface area contributed by atoms with Crippen LogP contribution in [-0.4, -0.2) is 73.1 Å². The van der Waals surface area contributed by atoms with Gasteiger partial charge in [0.1, 0.15) is 5.82 Å². The molecule has 5 rings (SSSR count). The Kier molecular flexibility index (Phi) is 8.33. The van der Waals surface area contributed by atoms with E-state index in [-0.39, 0.29) is 17.8 Å². The van der Waals surface area contributed by atoms with E-state index >= 15 is 0 Å². The van der Waals surface area contributed by atoms with Crippen LogP contribution >= 0.6 is 0 Å². The zero-order valence-corrected chi connectivity index (χ0v) is 23.2. The van der Waals surface area contributed by atoms with Crippen LogP contribution in [0.1, 0.15) is 47.7 Å². The third-order valence-electron chi connectivity index (χ3n) is 7.73. The monoisotopic (exact) mass is 542 g/mol. The van der Waals surface area contributed by atoms with E-state index in [9.17, 15) is 9.59 Å². The molecule has 210 valence electrons. The molecular weight excluding hydrogens is 504 g/mol. The molecule has 4 N–H and O–H groups in total. The number of anilines is 4. The summed E-state index contributed by atoms with van der Waals surface area (Å²) in [5.74, 6) is 0.836. The number of primary amides is 1. The van der Waals surface area contributed by atoms with E-state index in [0.717, 1.165) is 51.0 Å². The van der Waals surface area contributed by atoms with E-state index in [1.54, 1.807) is 20.3 Å². The number of hydrogen-bond donors (Lipinski definition) is 3. The van der Waals surface area contributed by atoms with E-state index in [1.165, 1.54) is 16.2 Å². The maximum atomic E-state index is 12.1. The maximum absolute atomic E-state index is 12.1. The van der Waals surface area contributed by atoms with Crippen molar-refractivity contribution in [1.82, 2.24) is 20.2 Å². The Morgan fingerprint density at radius 1 is 0.950 bits per heavy atom. The molecule has 0 saturated carbocycles. The molecule has 1 unspecified atom stereocenters. The van der Waals surface area contributed by atoms with Crippen molar-refractivity contribution in [3.63, 3.8) is 0 Å². The Labute approximate surface area is 235 Å². The number of aromatic nitrogens is 2. The molecule has 0 bridgehead atoms. The lowest BCUT2D eigenvalue weighted by atomic mass is 9.89. The quantitative estimate of drug-likeness (QED) is 0.414. The number of hydrogen-bond acceptors (Lipinski definition) is 7. The maximum Gasteiger partial charge on any atom is 0.317 e. The smallest absolute Gasteiger partial charge is 0.317 e. The van der Waals surface area contributed by atoms with Crippen molar-refractivity contribution in [2.75, 3.05) is 55.4 Å². The lowest BCUT2D eigenvalue weighted by Gasteiger charge is -2.34. The zero-order chi connectivity index (χ0) is 28.1. The van der Waals surface area contributed by atoms with Gasteiger partial charge in [0.2, 0.25) is 0 Å². The summed E-state index contributed by atoms with van der Waals surface area (Å²) in [5.41, 5.74) is 9.13. The fourth-order valence-electron chi connectivity index (χ4n) is 5.49. The van der Waals surface area contributed by atoms with E-state index < -0.39 is 5.91 Å². The molecule has 2 aromatic carbocycles. The van der Waals surface area contributed by atoms with E-state index in [1.807, 2.05) is 12.1 Å². The first kappa shape index (κ1) is 27.2. The fourth-order valence-corrected chi connectivity index (χ4v) is 5.49. The molecule has 0 spiro atoms. The van der Waals surface area contributed by atoms with Crippen LogP contribution in [0.25, 0.3) is 0 Å². The normalized spacial score (nSPS) is 17.8. The summed E-state index contributed by atoms with van der Waals surface area (Å²) >= 11 is 0. The van der Waals surface area contributed by atoms with Crippen LogP contribution in [0.4, 0.5) is 27.8 Å². The summed E-state index contributed by atoms with van der Waals surface area (Å²) in [7, 11) is 3.45. The second-order valence-corrected chi connectivity index (χ2v) is 10.8. The number of benzene rings is 2. The van der Waals surface area contributed by atoms with Gasteiger partial charge in [0.25, 0.3) is 5.91 Å². The summed E-state index contributed by atoms with van der Waals surface area (Å²) in [4.78, 5) is 39.4. The summed E-state index contributed by atoms with van der Waals surface area (Å²) in [6.45, 7) is 3.47. The van der Waals surface area contributed by atoms with E-state index in [4.69, 9.17) is 10.7 Å². The second-order valence-electron chi connectivity index (χ2n) is 10.8. The molecule has 2 fully saturated rings. The predicted octanol–water partition coefficient (Wildman–Crippen LogP) is 3.94. The molecular formula is C30H38N8O2. The number of nitrogens with zero attached hydrogens (tertiary/aromatic N) is 5. The van der Waals surface area contributed by atoms with Crippen LogP contribution in [0.5, 0.6) is 0 Å². The molecule has 40 heavy (non-hydrogen) atoms. The van der Waals surface area contributed by atoms with Gasteiger partial charge in [-0.05, 0) is 61.4 Å². The zero-order valence-electron chi connectivity index (χ0n) is 23.2. The third kappa shape index (κ3) is 6.44. The summed E-state index contributed by atoms with van der Waals surface area (Å²) in [6, 6.07) is 18.8. The topological polar surface area (TPSA) is 120 Å². The second kappa shape index (κ2) is 12.2. The first-order valence-electron chi connectivity index (χ1n) is 13.9. The van der Waals surface area contributed by atoms with Crippen LogP contribution in [0.2, 0.25) is 0 Å². The van der Waals surface area contributed by atoms with Crippen LogP contribution in [0, 0.1) is 0 Å². The molecule has 2 aliphatic heterocycles. The molecule has 1 atom stereocenters. The summed E-state index contributed by atoms with van der Waals surface area (Å²) in [6.07, 6.45) is 5.59. The Morgan fingerprint density at radius 2 is 1.68 bits per heavy atom. The Hall–Kier alpha value is -4.34. The number of nitrogens with one attached hydrogen (secondary N) is 2. The molecule has 3 aromatic rings. The van der Waals surface area contributed by atoms with Gasteiger partial charge in [0.15, 0.2) is 11.5 Å². The van der Waals surface area contributed by atoms with Gasteiger partial charge in [0, 0.05) is 57.7 Å². The molecule has 10 nitrogen and oxygen atoms in total. The van der Waals surface area contributed by atoms with Crippen LogP contribution in [0.15, 0.2) is 60.8 Å². The minimum absolute atomic E-state index is 0.00443. The number of piperidine rings is 2. The highest BCUT2D eigenvalue weighted by Crippen LogP contribution is 2.32. The fraction of sp³-hybridized carbons (Fsp3) is 0.400. The van der Waals surface area contributed by atoms with Crippen molar-refractivity contribution in [2.45, 2.75) is 37.6 Å². The number of amides is 3. The minimum Gasteiger partial charge on any atom is -0.371 e. The molecule has 0 radical (unpaired) electrons. The van der Waals surface area contributed by atoms with E-state index in [0.29, 0.717) is 24.1 Å². The Morgan fingerprint density at radius 3 is 2.35 bits per heavy atom. The highest BCUT2D eigenvalue weighted by molar-refractivity contribution is 5.96. The Balaban J connectivity index is 1.25. The molecule has 2 aliphatic rings. The Bertz CT molecular complexity index is 1310. The molecule has 10 heteroatoms. The number of para-hydroxylation sites is 1. The van der Waals surface area contributed by atoms with Gasteiger partial charge >= 0.3 is 6.03 Å². The molecule has 3 amide bonds. The van der Waals surface area contributed by atoms with Gasteiger partial charge in [0.05, 0.1) is 6.20 Å². The van der Waals surface area contributed by atoms with Gasteiger partial charge < -0.3 is 31.1 Å². The van der Waals surface area contributed by atoms with Crippen molar-refractivity contribution >= 4 is 34.9 Å². The predicted molar refractivity (Wildman–Crippen MR) is 158 cm³/mol. The minimum atomic E-state index is -0.641. The number of urea groups is 1. The van der Waals surface area contributed by atoms with Gasteiger partial charge in [-0.2, -0.15) is 0 Å². The average molecular weight is 543 g/mol. The van der Waals surface area contributed by atoms with E-state index in [2.05, 4.69) is 67.9 Å². The SMILES string of the molecule is CN(C)C(=O)NC1CCCN(c2cnc(C(N)=O)c(Nc3ccc(C4CCN(c5ccccc5)CC4)cc3)n2)C1. The lowest BCUT2D eigenvalue weighted by molar-refractivity contribution is 0.0996. The van der Waals surface area contributed by atoms with Gasteiger partial charge in [-0.25, -0.2) is 14.8 Å². The van der Waals surface area contributed by atoms with Gasteiger partial charge in [-0.15, -0.1) is 0 Å². The van der Waals surface area contributed by atoms with Crippen molar-refractivity contribution in [1.29, 1.82) is 0 Å². The first-order valence-corrected chi connectivity index (χ1v) is 13.9. The number of carbonyl (C=O) groups is 2. The number of carbonyl (C=O) groups excluding carboxylic acids is 2. The number of rotatable bonds is 7. The highest BCUT2D eigenvalue weighted by Gasteiger charge is 2.25. The lowest BCUT2D eigenvalue weighted by Crippen LogP contribution is -2.50. The highest BCUT2D eigenvalue weighted by atomic mass is 16.2. The molecule has 0 aliphatic carbocycles. The standard InChI is InChI=1S/C30H38N8O2/c1-36(2)30(40)34-24-7-6-16-38(20-24)26-19-32-27(28(31)39)29(35-26)33-23-12-10-21(11-13-23)22-14-17-37(18-15-22)25-8-4-3-5-9-25/h3-5,8-13,19,22,24H,6-7,14-18,20H2,1-2H3,(H2,31,39)(H,33,35)(H,34,40). The van der Waals surface area contributed by atoms with Crippen LogP contribution in [-0.2, 0) is 0 Å². The largest absolute Gasteiger partial charge is 0.371 e. The van der Waals surface area contributed by atoms with Crippen molar-refractivity contribution in [2.24, 2.45) is 5.73 Å². The number of nitrogens with two attached hydrogens (primary N) is 1. The van der Waals surface area contributed by atoms with Crippen molar-refractivity contribution in [3.05, 3.63) is 72.1 Å². The molecule has 1 aromatic heterocycles. The summed E-state index contributed by atoms with van der Waals surface area (Å²) < 4.78 is 0. The first-order chi connectivity index (χ1) is 19.4. The van der Waals surface area contributed by atoms with Crippen LogP contribution in [0.3, 0.4) is 0 Å². The molecule has 3 heterocycles. The van der Waals surface area contributed by atoms with Crippen molar-refractivity contribution < 1.29 is 9.59 Å². The average Bonchev–Trinajstić information content (AvgIpc) is 2.98.